The Morgan fingerprint density at radius 2 is 2.00 bits per heavy atom. The summed E-state index contributed by atoms with van der Waals surface area (Å²) >= 11 is 0. The third kappa shape index (κ3) is 3.14. The first-order chi connectivity index (χ1) is 8.33. The second kappa shape index (κ2) is 6.27. The average molecular weight is 238 g/mol. The molecule has 2 rings (SSSR count). The maximum atomic E-state index is 12.1. The predicted molar refractivity (Wildman–Crippen MR) is 70.0 cm³/mol. The number of hydrogen-bond acceptors (Lipinski definition) is 1. The number of likely N-dealkylation sites (tertiary alicyclic amines) is 1. The van der Waals surface area contributed by atoms with Gasteiger partial charge in [-0.2, -0.15) is 0 Å². The second-order valence-corrected chi connectivity index (χ2v) is 5.53. The Labute approximate surface area is 105 Å². The summed E-state index contributed by atoms with van der Waals surface area (Å²) in [4.78, 5) is 14.2. The summed E-state index contributed by atoms with van der Waals surface area (Å²) in [6.45, 7) is 3.96. The molecular formula is C14H26N2O. The minimum Gasteiger partial charge on any atom is -0.338 e. The Balaban J connectivity index is 1.83. The molecule has 0 aromatic heterocycles. The monoisotopic (exact) mass is 238 g/mol. The van der Waals surface area contributed by atoms with Gasteiger partial charge in [-0.15, -0.1) is 0 Å². The number of amides is 2. The number of unbranched alkanes of at least 4 members (excludes halogenated alkanes) is 1. The van der Waals surface area contributed by atoms with Crippen molar-refractivity contribution in [3.63, 3.8) is 0 Å². The van der Waals surface area contributed by atoms with Crippen LogP contribution in [0.25, 0.3) is 0 Å². The molecular weight excluding hydrogens is 212 g/mol. The fourth-order valence-corrected chi connectivity index (χ4v) is 3.35. The molecule has 1 atom stereocenters. The Morgan fingerprint density at radius 1 is 1.24 bits per heavy atom. The zero-order chi connectivity index (χ0) is 12.1. The van der Waals surface area contributed by atoms with Gasteiger partial charge in [0.15, 0.2) is 0 Å². The molecule has 1 saturated carbocycles. The van der Waals surface area contributed by atoms with E-state index in [-0.39, 0.29) is 6.03 Å². The first kappa shape index (κ1) is 12.7. The van der Waals surface area contributed by atoms with Crippen LogP contribution in [0.2, 0.25) is 0 Å². The fraction of sp³-hybridized carbons (Fsp3) is 0.929. The van der Waals surface area contributed by atoms with E-state index in [1.807, 2.05) is 0 Å². The molecule has 2 aliphatic rings. The van der Waals surface area contributed by atoms with Crippen LogP contribution in [0, 0.1) is 5.92 Å². The largest absolute Gasteiger partial charge is 0.338 e. The van der Waals surface area contributed by atoms with Crippen molar-refractivity contribution in [2.45, 2.75) is 64.3 Å². The molecule has 0 aromatic rings. The van der Waals surface area contributed by atoms with Crippen molar-refractivity contribution in [2.75, 3.05) is 13.1 Å². The molecule has 0 aromatic carbocycles. The quantitative estimate of drug-likeness (QED) is 0.750. The van der Waals surface area contributed by atoms with Crippen LogP contribution in [-0.2, 0) is 0 Å². The number of carbonyl (C=O) groups is 1. The van der Waals surface area contributed by atoms with E-state index < -0.39 is 0 Å². The van der Waals surface area contributed by atoms with Gasteiger partial charge in [0, 0.05) is 19.1 Å². The van der Waals surface area contributed by atoms with E-state index in [1.165, 1.54) is 38.5 Å². The molecule has 0 bridgehead atoms. The summed E-state index contributed by atoms with van der Waals surface area (Å²) in [7, 11) is 0. The van der Waals surface area contributed by atoms with E-state index in [2.05, 4.69) is 17.1 Å². The summed E-state index contributed by atoms with van der Waals surface area (Å²) in [5, 5.41) is 3.07. The number of rotatable bonds is 4. The lowest BCUT2D eigenvalue weighted by molar-refractivity contribution is 0.173. The van der Waals surface area contributed by atoms with Crippen molar-refractivity contribution in [2.24, 2.45) is 5.92 Å². The molecule has 2 fully saturated rings. The number of urea groups is 1. The third-order valence-corrected chi connectivity index (χ3v) is 4.31. The maximum Gasteiger partial charge on any atom is 0.317 e. The van der Waals surface area contributed by atoms with Gasteiger partial charge in [0.2, 0.25) is 0 Å². The lowest BCUT2D eigenvalue weighted by atomic mass is 9.96. The molecule has 98 valence electrons. The molecule has 1 unspecified atom stereocenters. The van der Waals surface area contributed by atoms with Gasteiger partial charge in [0.1, 0.15) is 0 Å². The van der Waals surface area contributed by atoms with Crippen molar-refractivity contribution in [1.82, 2.24) is 10.2 Å². The summed E-state index contributed by atoms with van der Waals surface area (Å²) < 4.78 is 0. The van der Waals surface area contributed by atoms with Gasteiger partial charge in [-0.1, -0.05) is 26.2 Å². The molecule has 3 nitrogen and oxygen atoms in total. The Hall–Kier alpha value is -0.730. The number of nitrogens with one attached hydrogen (secondary N) is 1. The first-order valence-corrected chi connectivity index (χ1v) is 7.37. The summed E-state index contributed by atoms with van der Waals surface area (Å²) in [5.74, 6) is 0.787. The molecule has 0 radical (unpaired) electrons. The molecule has 17 heavy (non-hydrogen) atoms. The van der Waals surface area contributed by atoms with Gasteiger partial charge >= 0.3 is 6.03 Å². The van der Waals surface area contributed by atoms with Crippen LogP contribution >= 0.6 is 0 Å². The third-order valence-electron chi connectivity index (χ3n) is 4.31. The predicted octanol–water partition coefficient (Wildman–Crippen LogP) is 3.15. The lowest BCUT2D eigenvalue weighted by Gasteiger charge is -2.29. The summed E-state index contributed by atoms with van der Waals surface area (Å²) in [5.41, 5.74) is 0. The SMILES string of the molecule is CCCCNC(=O)N1CCCC1C1CCCC1. The van der Waals surface area contributed by atoms with Crippen LogP contribution in [0.5, 0.6) is 0 Å². The fourth-order valence-electron chi connectivity index (χ4n) is 3.35. The standard InChI is InChI=1S/C14H26N2O/c1-2-3-10-15-14(17)16-11-6-9-13(16)12-7-4-5-8-12/h12-13H,2-11H2,1H3,(H,15,17). The first-order valence-electron chi connectivity index (χ1n) is 7.37. The van der Waals surface area contributed by atoms with Gasteiger partial charge in [-0.05, 0) is 38.0 Å². The highest BCUT2D eigenvalue weighted by Crippen LogP contribution is 2.35. The van der Waals surface area contributed by atoms with Gasteiger partial charge < -0.3 is 10.2 Å². The number of carbonyl (C=O) groups excluding carboxylic acids is 1. The van der Waals surface area contributed by atoms with Crippen LogP contribution in [0.15, 0.2) is 0 Å². The molecule has 1 N–H and O–H groups in total. The van der Waals surface area contributed by atoms with E-state index in [9.17, 15) is 4.79 Å². The normalized spacial score (nSPS) is 25.5. The Bertz CT molecular complexity index is 249. The van der Waals surface area contributed by atoms with Crippen molar-refractivity contribution < 1.29 is 4.79 Å². The zero-order valence-electron chi connectivity index (χ0n) is 11.1. The van der Waals surface area contributed by atoms with Crippen LogP contribution in [0.4, 0.5) is 4.79 Å². The average Bonchev–Trinajstić information content (AvgIpc) is 2.99. The van der Waals surface area contributed by atoms with E-state index in [0.29, 0.717) is 6.04 Å². The molecule has 3 heteroatoms. The highest BCUT2D eigenvalue weighted by atomic mass is 16.2. The molecule has 1 aliphatic carbocycles. The summed E-state index contributed by atoms with van der Waals surface area (Å²) in [6.07, 6.45) is 10.1. The Morgan fingerprint density at radius 3 is 2.71 bits per heavy atom. The van der Waals surface area contributed by atoms with E-state index in [0.717, 1.165) is 31.8 Å². The molecule has 1 heterocycles. The molecule has 1 saturated heterocycles. The topological polar surface area (TPSA) is 32.3 Å². The van der Waals surface area contributed by atoms with Gasteiger partial charge in [-0.3, -0.25) is 0 Å². The lowest BCUT2D eigenvalue weighted by Crippen LogP contribution is -2.45. The van der Waals surface area contributed by atoms with Crippen LogP contribution in [-0.4, -0.2) is 30.1 Å². The van der Waals surface area contributed by atoms with Gasteiger partial charge in [0.05, 0.1) is 0 Å². The van der Waals surface area contributed by atoms with Crippen molar-refractivity contribution >= 4 is 6.03 Å². The second-order valence-electron chi connectivity index (χ2n) is 5.53. The zero-order valence-corrected chi connectivity index (χ0v) is 11.1. The summed E-state index contributed by atoms with van der Waals surface area (Å²) in [6, 6.07) is 0.729. The smallest absolute Gasteiger partial charge is 0.317 e. The van der Waals surface area contributed by atoms with Crippen LogP contribution in [0.3, 0.4) is 0 Å². The number of nitrogens with zero attached hydrogens (tertiary/aromatic N) is 1. The maximum absolute atomic E-state index is 12.1. The van der Waals surface area contributed by atoms with Gasteiger partial charge in [0.25, 0.3) is 0 Å². The van der Waals surface area contributed by atoms with Gasteiger partial charge in [-0.25, -0.2) is 4.79 Å². The van der Waals surface area contributed by atoms with E-state index in [4.69, 9.17) is 0 Å². The highest BCUT2D eigenvalue weighted by molar-refractivity contribution is 5.74. The minimum atomic E-state index is 0.188. The van der Waals surface area contributed by atoms with Crippen LogP contribution in [0.1, 0.15) is 58.3 Å². The van der Waals surface area contributed by atoms with E-state index in [1.54, 1.807) is 0 Å². The Kier molecular flexibility index (Phi) is 4.69. The highest BCUT2D eigenvalue weighted by Gasteiger charge is 2.35. The minimum absolute atomic E-state index is 0.188. The molecule has 0 spiro atoms. The van der Waals surface area contributed by atoms with Crippen molar-refractivity contribution in [3.05, 3.63) is 0 Å². The number of hydrogen-bond donors (Lipinski definition) is 1. The molecule has 1 aliphatic heterocycles. The van der Waals surface area contributed by atoms with Crippen LogP contribution < -0.4 is 5.32 Å². The molecule has 2 amide bonds. The van der Waals surface area contributed by atoms with E-state index >= 15 is 0 Å². The van der Waals surface area contributed by atoms with Crippen molar-refractivity contribution in [1.29, 1.82) is 0 Å². The van der Waals surface area contributed by atoms with Crippen molar-refractivity contribution in [3.8, 4) is 0 Å².